The first kappa shape index (κ1) is 19.7. The maximum atomic E-state index is 12.4. The molecule has 2 nitrogen and oxygen atoms in total. The number of benzene rings is 3. The molecule has 0 saturated carbocycles. The van der Waals surface area contributed by atoms with Gasteiger partial charge in [-0.1, -0.05) is 84.9 Å². The van der Waals surface area contributed by atoms with Crippen molar-refractivity contribution < 1.29 is 4.21 Å². The lowest BCUT2D eigenvalue weighted by atomic mass is 10.2. The van der Waals surface area contributed by atoms with E-state index in [2.05, 4.69) is 71.1 Å². The van der Waals surface area contributed by atoms with Crippen LogP contribution in [0.4, 0.5) is 0 Å². The van der Waals surface area contributed by atoms with Gasteiger partial charge in [-0.25, -0.2) is 4.21 Å². The Morgan fingerprint density at radius 2 is 1.26 bits per heavy atom. The van der Waals surface area contributed by atoms with Crippen molar-refractivity contribution in [3.8, 4) is 0 Å². The van der Waals surface area contributed by atoms with Gasteiger partial charge in [0.1, 0.15) is 11.0 Å². The van der Waals surface area contributed by atoms with Crippen LogP contribution in [0.1, 0.15) is 26.3 Å². The Kier molecular flexibility index (Phi) is 6.36. The van der Waals surface area contributed by atoms with Crippen molar-refractivity contribution in [2.24, 2.45) is 4.40 Å². The van der Waals surface area contributed by atoms with E-state index in [0.717, 1.165) is 5.56 Å². The summed E-state index contributed by atoms with van der Waals surface area (Å²) in [6, 6.07) is 29.4. The Hall–Kier alpha value is -2.09. The third-order valence-corrected chi connectivity index (χ3v) is 7.88. The summed E-state index contributed by atoms with van der Waals surface area (Å²) in [5.74, 6) is 0. The van der Waals surface area contributed by atoms with Crippen molar-refractivity contribution in [1.29, 1.82) is 0 Å². The largest absolute Gasteiger partial charge is 0.234 e. The summed E-state index contributed by atoms with van der Waals surface area (Å²) < 4.78 is 16.4. The van der Waals surface area contributed by atoms with Crippen LogP contribution in [-0.4, -0.2) is 15.2 Å². The van der Waals surface area contributed by atoms with Crippen LogP contribution in [-0.2, 0) is 11.0 Å². The van der Waals surface area contributed by atoms with Gasteiger partial charge in [0.05, 0.1) is 4.75 Å². The average molecular weight is 393 g/mol. The second-order valence-electron chi connectivity index (χ2n) is 7.16. The van der Waals surface area contributed by atoms with Gasteiger partial charge >= 0.3 is 0 Å². The van der Waals surface area contributed by atoms with E-state index in [9.17, 15) is 4.21 Å². The number of rotatable bonds is 5. The Bertz CT molecular complexity index is 894. The van der Waals surface area contributed by atoms with Crippen molar-refractivity contribution in [2.75, 3.05) is 0 Å². The summed E-state index contributed by atoms with van der Waals surface area (Å²) in [5.41, 5.74) is 1.02. The summed E-state index contributed by atoms with van der Waals surface area (Å²) in [6.07, 6.45) is 1.78. The summed E-state index contributed by atoms with van der Waals surface area (Å²) in [7, 11) is -1.99. The van der Waals surface area contributed by atoms with Crippen LogP contribution >= 0.6 is 7.92 Å². The van der Waals surface area contributed by atoms with Gasteiger partial charge in [0, 0.05) is 11.8 Å². The van der Waals surface area contributed by atoms with Crippen molar-refractivity contribution in [2.45, 2.75) is 25.5 Å². The van der Waals surface area contributed by atoms with Gasteiger partial charge in [0.15, 0.2) is 0 Å². The normalized spacial score (nSPS) is 13.2. The molecule has 0 radical (unpaired) electrons. The molecule has 27 heavy (non-hydrogen) atoms. The first-order valence-electron chi connectivity index (χ1n) is 8.92. The van der Waals surface area contributed by atoms with Crippen LogP contribution in [0.15, 0.2) is 89.3 Å². The summed E-state index contributed by atoms with van der Waals surface area (Å²) in [5, 5.41) is 3.80. The zero-order chi connectivity index (χ0) is 19.3. The highest BCUT2D eigenvalue weighted by Crippen LogP contribution is 2.33. The topological polar surface area (TPSA) is 29.4 Å². The molecule has 0 aliphatic rings. The molecule has 138 valence electrons. The molecule has 0 aliphatic carbocycles. The maximum absolute atomic E-state index is 12.4. The predicted octanol–water partition coefficient (Wildman–Crippen LogP) is 4.33. The molecule has 0 spiro atoms. The Balaban J connectivity index is 2.09. The molecule has 0 bridgehead atoms. The van der Waals surface area contributed by atoms with Crippen molar-refractivity contribution in [1.82, 2.24) is 0 Å². The Labute approximate surface area is 165 Å². The Morgan fingerprint density at radius 3 is 1.78 bits per heavy atom. The minimum Gasteiger partial charge on any atom is -0.234 e. The molecule has 0 heterocycles. The van der Waals surface area contributed by atoms with Gasteiger partial charge < -0.3 is 0 Å². The second kappa shape index (κ2) is 8.73. The van der Waals surface area contributed by atoms with Gasteiger partial charge in [-0.15, -0.1) is 0 Å². The van der Waals surface area contributed by atoms with Gasteiger partial charge in [-0.3, -0.25) is 0 Å². The van der Waals surface area contributed by atoms with Crippen LogP contribution in [0.5, 0.6) is 0 Å². The molecule has 0 aromatic heterocycles. The molecule has 1 atom stereocenters. The summed E-state index contributed by atoms with van der Waals surface area (Å²) >= 11 is 0. The Morgan fingerprint density at radius 1 is 0.778 bits per heavy atom. The lowest BCUT2D eigenvalue weighted by Crippen LogP contribution is -2.24. The number of nitrogens with zero attached hydrogens (tertiary/aromatic N) is 1. The standard InChI is InChI=1S/C23H24NOPS/c1-23(2,3)27(25)24-18-19-12-10-11-17-22(19)26(20-13-6-4-7-14-20)21-15-8-5-9-16-21/h4-18H,1-3H3/b24-18+. The minimum absolute atomic E-state index is 0.366. The molecule has 1 unspecified atom stereocenters. The number of hydrogen-bond acceptors (Lipinski definition) is 1. The summed E-state index contributed by atoms with van der Waals surface area (Å²) in [6.45, 7) is 5.81. The molecule has 3 rings (SSSR count). The van der Waals surface area contributed by atoms with Crippen LogP contribution in [0.25, 0.3) is 0 Å². The van der Waals surface area contributed by atoms with Crippen molar-refractivity contribution >= 4 is 41.0 Å². The van der Waals surface area contributed by atoms with E-state index in [1.165, 1.54) is 15.9 Å². The smallest absolute Gasteiger partial charge is 0.144 e. The summed E-state index contributed by atoms with van der Waals surface area (Å²) in [4.78, 5) is 0. The van der Waals surface area contributed by atoms with Crippen LogP contribution in [0.2, 0.25) is 0 Å². The molecule has 0 amide bonds. The van der Waals surface area contributed by atoms with Crippen LogP contribution in [0, 0.1) is 0 Å². The molecule has 0 fully saturated rings. The van der Waals surface area contributed by atoms with Gasteiger partial charge in [0.25, 0.3) is 0 Å². The third kappa shape index (κ3) is 5.00. The highest BCUT2D eigenvalue weighted by Gasteiger charge is 2.20. The fourth-order valence-electron chi connectivity index (χ4n) is 2.64. The molecular weight excluding hydrogens is 369 g/mol. The highest BCUT2D eigenvalue weighted by molar-refractivity contribution is 7.85. The zero-order valence-electron chi connectivity index (χ0n) is 15.9. The molecule has 0 saturated heterocycles. The van der Waals surface area contributed by atoms with Gasteiger partial charge in [0.2, 0.25) is 0 Å². The SMILES string of the molecule is CC(C)(C)S(=O)/N=C/c1ccccc1P(c1ccccc1)c1ccccc1. The third-order valence-electron chi connectivity index (χ3n) is 4.02. The van der Waals surface area contributed by atoms with E-state index >= 15 is 0 Å². The van der Waals surface area contributed by atoms with E-state index in [4.69, 9.17) is 0 Å². The minimum atomic E-state index is -1.27. The van der Waals surface area contributed by atoms with Crippen molar-refractivity contribution in [3.63, 3.8) is 0 Å². The van der Waals surface area contributed by atoms with Crippen molar-refractivity contribution in [3.05, 3.63) is 90.5 Å². The van der Waals surface area contributed by atoms with E-state index in [1.54, 1.807) is 6.21 Å². The first-order chi connectivity index (χ1) is 13.0. The van der Waals surface area contributed by atoms with E-state index in [0.29, 0.717) is 0 Å². The van der Waals surface area contributed by atoms with Crippen LogP contribution in [0.3, 0.4) is 0 Å². The fraction of sp³-hybridized carbons (Fsp3) is 0.174. The molecule has 0 aliphatic heterocycles. The highest BCUT2D eigenvalue weighted by atomic mass is 32.2. The fourth-order valence-corrected chi connectivity index (χ4v) is 5.59. The van der Waals surface area contributed by atoms with E-state index in [-0.39, 0.29) is 4.75 Å². The van der Waals surface area contributed by atoms with Crippen LogP contribution < -0.4 is 15.9 Å². The molecule has 0 N–H and O–H groups in total. The second-order valence-corrected chi connectivity index (χ2v) is 11.3. The monoisotopic (exact) mass is 393 g/mol. The molecule has 4 heteroatoms. The van der Waals surface area contributed by atoms with Gasteiger partial charge in [-0.2, -0.15) is 4.40 Å². The first-order valence-corrected chi connectivity index (χ1v) is 11.4. The molecular formula is C23H24NOPS. The van der Waals surface area contributed by atoms with E-state index in [1.807, 2.05) is 39.0 Å². The molecule has 3 aromatic rings. The average Bonchev–Trinajstić information content (AvgIpc) is 2.68. The lowest BCUT2D eigenvalue weighted by molar-refractivity contribution is 0.651. The predicted molar refractivity (Wildman–Crippen MR) is 121 cm³/mol. The lowest BCUT2D eigenvalue weighted by Gasteiger charge is -2.21. The molecule has 3 aromatic carbocycles. The quantitative estimate of drug-likeness (QED) is 0.469. The van der Waals surface area contributed by atoms with E-state index < -0.39 is 18.9 Å². The van der Waals surface area contributed by atoms with Gasteiger partial charge in [-0.05, 0) is 44.6 Å². The zero-order valence-corrected chi connectivity index (χ0v) is 17.6. The number of hydrogen-bond donors (Lipinski definition) is 0. The maximum Gasteiger partial charge on any atom is 0.144 e.